The summed E-state index contributed by atoms with van der Waals surface area (Å²) in [7, 11) is -3.43. The average molecular weight is 313 g/mol. The first-order chi connectivity index (χ1) is 9.03. The number of sulfonamides is 1. The van der Waals surface area contributed by atoms with E-state index in [4.69, 9.17) is 16.3 Å². The molecule has 0 aromatic heterocycles. The maximum absolute atomic E-state index is 12.2. The lowest BCUT2D eigenvalue weighted by Gasteiger charge is -2.33. The van der Waals surface area contributed by atoms with Crippen molar-refractivity contribution in [3.05, 3.63) is 0 Å². The average Bonchev–Trinajstić information content (AvgIpc) is 2.39. The minimum absolute atomic E-state index is 0.0234. The molecule has 0 spiro atoms. The van der Waals surface area contributed by atoms with Gasteiger partial charge in [-0.1, -0.05) is 0 Å². The molecule has 1 rings (SSSR count). The van der Waals surface area contributed by atoms with Crippen LogP contribution in [0, 0.1) is 0 Å². The quantitative estimate of drug-likeness (QED) is 0.537. The van der Waals surface area contributed by atoms with Crippen LogP contribution in [-0.4, -0.2) is 62.6 Å². The Morgan fingerprint density at radius 2 is 2.21 bits per heavy atom. The summed E-state index contributed by atoms with van der Waals surface area (Å²) in [6.07, 6.45) is 1.16. The number of carbonyl (C=O) groups is 1. The zero-order valence-corrected chi connectivity index (χ0v) is 12.7. The Kier molecular flexibility index (Phi) is 7.06. The van der Waals surface area contributed by atoms with Gasteiger partial charge in [-0.2, -0.15) is 4.31 Å². The van der Waals surface area contributed by atoms with E-state index in [0.29, 0.717) is 31.9 Å². The molecule has 112 valence electrons. The van der Waals surface area contributed by atoms with Gasteiger partial charge < -0.3 is 10.1 Å². The highest BCUT2D eigenvalue weighted by atomic mass is 35.5. The fourth-order valence-electron chi connectivity index (χ4n) is 1.92. The Morgan fingerprint density at radius 3 is 2.84 bits per heavy atom. The third-order valence-corrected chi connectivity index (χ3v) is 5.10. The predicted octanol–water partition coefficient (Wildman–Crippen LogP) is 0.172. The molecule has 6 nitrogen and oxygen atoms in total. The third kappa shape index (κ3) is 4.91. The zero-order chi connectivity index (χ0) is 14.3. The number of nitrogens with zero attached hydrogens (tertiary/aromatic N) is 1. The van der Waals surface area contributed by atoms with Gasteiger partial charge in [-0.15, -0.1) is 11.6 Å². The van der Waals surface area contributed by atoms with E-state index in [2.05, 4.69) is 5.32 Å². The molecule has 1 saturated heterocycles. The first kappa shape index (κ1) is 16.7. The minimum atomic E-state index is -3.43. The SMILES string of the molecule is CCNC(=O)C1COCCN1S(=O)(=O)CCCCCl. The van der Waals surface area contributed by atoms with E-state index in [1.165, 1.54) is 4.31 Å². The van der Waals surface area contributed by atoms with Crippen LogP contribution in [0.3, 0.4) is 0 Å². The van der Waals surface area contributed by atoms with E-state index < -0.39 is 16.1 Å². The van der Waals surface area contributed by atoms with Crippen molar-refractivity contribution in [3.8, 4) is 0 Å². The van der Waals surface area contributed by atoms with Crippen LogP contribution < -0.4 is 5.32 Å². The lowest BCUT2D eigenvalue weighted by atomic mass is 10.2. The van der Waals surface area contributed by atoms with E-state index in [1.807, 2.05) is 0 Å². The number of likely N-dealkylation sites (N-methyl/N-ethyl adjacent to an activating group) is 1. The Hall–Kier alpha value is -0.370. The van der Waals surface area contributed by atoms with Gasteiger partial charge in [0.15, 0.2) is 0 Å². The number of carbonyl (C=O) groups excluding carboxylic acids is 1. The van der Waals surface area contributed by atoms with E-state index in [-0.39, 0.29) is 24.8 Å². The second-order valence-electron chi connectivity index (χ2n) is 4.31. The molecule has 1 heterocycles. The van der Waals surface area contributed by atoms with Gasteiger partial charge in [-0.05, 0) is 19.8 Å². The number of alkyl halides is 1. The van der Waals surface area contributed by atoms with Crippen molar-refractivity contribution in [3.63, 3.8) is 0 Å². The van der Waals surface area contributed by atoms with Gasteiger partial charge in [0, 0.05) is 19.0 Å². The van der Waals surface area contributed by atoms with Crippen molar-refractivity contribution in [2.45, 2.75) is 25.8 Å². The van der Waals surface area contributed by atoms with Gasteiger partial charge in [0.1, 0.15) is 6.04 Å². The van der Waals surface area contributed by atoms with Crippen LogP contribution in [0.2, 0.25) is 0 Å². The summed E-state index contributed by atoms with van der Waals surface area (Å²) in [5.41, 5.74) is 0. The summed E-state index contributed by atoms with van der Waals surface area (Å²) in [6.45, 7) is 2.92. The number of amides is 1. The smallest absolute Gasteiger partial charge is 0.240 e. The summed E-state index contributed by atoms with van der Waals surface area (Å²) in [4.78, 5) is 11.9. The maximum Gasteiger partial charge on any atom is 0.240 e. The lowest BCUT2D eigenvalue weighted by molar-refractivity contribution is -0.129. The van der Waals surface area contributed by atoms with Crippen molar-refractivity contribution in [1.29, 1.82) is 0 Å². The van der Waals surface area contributed by atoms with E-state index >= 15 is 0 Å². The fourth-order valence-corrected chi connectivity index (χ4v) is 3.81. The Morgan fingerprint density at radius 1 is 1.47 bits per heavy atom. The number of nitrogens with one attached hydrogen (secondary N) is 1. The molecule has 1 N–H and O–H groups in total. The van der Waals surface area contributed by atoms with Gasteiger partial charge in [0.2, 0.25) is 15.9 Å². The summed E-state index contributed by atoms with van der Waals surface area (Å²) in [5, 5.41) is 2.64. The number of halogens is 1. The molecule has 0 aromatic rings. The molecule has 0 aliphatic carbocycles. The topological polar surface area (TPSA) is 75.7 Å². The monoisotopic (exact) mass is 312 g/mol. The number of ether oxygens (including phenoxy) is 1. The van der Waals surface area contributed by atoms with Crippen LogP contribution >= 0.6 is 11.6 Å². The van der Waals surface area contributed by atoms with Crippen molar-refractivity contribution in [1.82, 2.24) is 9.62 Å². The highest BCUT2D eigenvalue weighted by Crippen LogP contribution is 2.14. The molecule has 1 aliphatic rings. The van der Waals surface area contributed by atoms with Crippen LogP contribution in [-0.2, 0) is 19.6 Å². The van der Waals surface area contributed by atoms with E-state index in [0.717, 1.165) is 0 Å². The Bertz CT molecular complexity index is 388. The fraction of sp³-hybridized carbons (Fsp3) is 0.909. The first-order valence-corrected chi connectivity index (χ1v) is 8.58. The molecule has 1 atom stereocenters. The molecule has 0 saturated carbocycles. The standard InChI is InChI=1S/C11H21ClN2O4S/c1-2-13-11(15)10-9-18-7-6-14(10)19(16,17)8-4-3-5-12/h10H,2-9H2,1H3,(H,13,15). The maximum atomic E-state index is 12.2. The van der Waals surface area contributed by atoms with Crippen LogP contribution in [0.15, 0.2) is 0 Å². The summed E-state index contributed by atoms with van der Waals surface area (Å²) >= 11 is 5.54. The molecule has 1 unspecified atom stereocenters. The molecule has 1 fully saturated rings. The summed E-state index contributed by atoms with van der Waals surface area (Å²) in [5.74, 6) is 0.164. The highest BCUT2D eigenvalue weighted by molar-refractivity contribution is 7.89. The second-order valence-corrected chi connectivity index (χ2v) is 6.73. The van der Waals surface area contributed by atoms with Crippen molar-refractivity contribution < 1.29 is 17.9 Å². The van der Waals surface area contributed by atoms with Gasteiger partial charge in [0.05, 0.1) is 19.0 Å². The van der Waals surface area contributed by atoms with Gasteiger partial charge in [-0.25, -0.2) is 8.42 Å². The molecule has 0 aromatic carbocycles. The molecule has 1 aliphatic heterocycles. The molecule has 19 heavy (non-hydrogen) atoms. The summed E-state index contributed by atoms with van der Waals surface area (Å²) < 4.78 is 30.9. The van der Waals surface area contributed by atoms with Crippen LogP contribution in [0.25, 0.3) is 0 Å². The number of hydrogen-bond acceptors (Lipinski definition) is 4. The van der Waals surface area contributed by atoms with Crippen molar-refractivity contribution >= 4 is 27.5 Å². The molecular weight excluding hydrogens is 292 g/mol. The normalized spacial score (nSPS) is 21.3. The lowest BCUT2D eigenvalue weighted by Crippen LogP contribution is -2.56. The van der Waals surface area contributed by atoms with Crippen LogP contribution in [0.4, 0.5) is 0 Å². The molecule has 8 heteroatoms. The second kappa shape index (κ2) is 8.04. The van der Waals surface area contributed by atoms with Crippen LogP contribution in [0.1, 0.15) is 19.8 Å². The molecule has 0 bridgehead atoms. The highest BCUT2D eigenvalue weighted by Gasteiger charge is 2.36. The Labute approximate surface area is 119 Å². The number of hydrogen-bond donors (Lipinski definition) is 1. The van der Waals surface area contributed by atoms with Gasteiger partial charge in [0.25, 0.3) is 0 Å². The molecular formula is C11H21ClN2O4S. The Balaban J connectivity index is 2.72. The third-order valence-electron chi connectivity index (χ3n) is 2.88. The van der Waals surface area contributed by atoms with Crippen molar-refractivity contribution in [2.24, 2.45) is 0 Å². The zero-order valence-electron chi connectivity index (χ0n) is 11.1. The van der Waals surface area contributed by atoms with Gasteiger partial charge >= 0.3 is 0 Å². The minimum Gasteiger partial charge on any atom is -0.378 e. The molecule has 0 radical (unpaired) electrons. The number of unbranched alkanes of at least 4 members (excludes halogenated alkanes) is 1. The van der Waals surface area contributed by atoms with Crippen molar-refractivity contribution in [2.75, 3.05) is 37.9 Å². The molecule has 1 amide bonds. The van der Waals surface area contributed by atoms with Crippen LogP contribution in [0.5, 0.6) is 0 Å². The first-order valence-electron chi connectivity index (χ1n) is 6.44. The summed E-state index contributed by atoms with van der Waals surface area (Å²) in [6, 6.07) is -0.755. The van der Waals surface area contributed by atoms with E-state index in [1.54, 1.807) is 6.92 Å². The van der Waals surface area contributed by atoms with Gasteiger partial charge in [-0.3, -0.25) is 4.79 Å². The number of morpholine rings is 1. The van der Waals surface area contributed by atoms with E-state index in [9.17, 15) is 13.2 Å². The predicted molar refractivity (Wildman–Crippen MR) is 73.7 cm³/mol. The largest absolute Gasteiger partial charge is 0.378 e. The number of rotatable bonds is 7.